The second-order valence-corrected chi connectivity index (χ2v) is 6.15. The van der Waals surface area contributed by atoms with E-state index in [-0.39, 0.29) is 0 Å². The molecule has 3 heterocycles. The van der Waals surface area contributed by atoms with Gasteiger partial charge in [-0.25, -0.2) is 4.98 Å². The van der Waals surface area contributed by atoms with Crippen molar-refractivity contribution in [2.75, 3.05) is 24.5 Å². The number of pyridine rings is 1. The molecule has 1 aliphatic heterocycles. The first kappa shape index (κ1) is 12.2. The van der Waals surface area contributed by atoms with Crippen LogP contribution in [0.4, 0.5) is 5.82 Å². The van der Waals surface area contributed by atoms with Crippen LogP contribution in [0.2, 0.25) is 0 Å². The summed E-state index contributed by atoms with van der Waals surface area (Å²) in [6.07, 6.45) is 9.31. The van der Waals surface area contributed by atoms with Crippen molar-refractivity contribution in [3.63, 3.8) is 0 Å². The first-order valence-electron chi connectivity index (χ1n) is 7.80. The quantitative estimate of drug-likeness (QED) is 0.925. The molecule has 0 amide bonds. The Morgan fingerprint density at radius 2 is 2.00 bits per heavy atom. The fourth-order valence-corrected chi connectivity index (χ4v) is 3.18. The van der Waals surface area contributed by atoms with Crippen molar-refractivity contribution in [3.8, 4) is 0 Å². The summed E-state index contributed by atoms with van der Waals surface area (Å²) in [5.74, 6) is 2.14. The van der Waals surface area contributed by atoms with Crippen LogP contribution < -0.4 is 10.2 Å². The van der Waals surface area contributed by atoms with E-state index in [9.17, 15) is 0 Å². The van der Waals surface area contributed by atoms with Crippen molar-refractivity contribution in [2.24, 2.45) is 5.92 Å². The maximum Gasteiger partial charge on any atom is 0.138 e. The predicted octanol–water partition coefficient (Wildman–Crippen LogP) is 2.30. The third kappa shape index (κ3) is 2.40. The molecule has 0 radical (unpaired) electrons. The van der Waals surface area contributed by atoms with Gasteiger partial charge in [0, 0.05) is 31.5 Å². The summed E-state index contributed by atoms with van der Waals surface area (Å²) >= 11 is 0. The summed E-state index contributed by atoms with van der Waals surface area (Å²) in [5.41, 5.74) is 1.04. The average molecular weight is 270 g/mol. The van der Waals surface area contributed by atoms with E-state index in [2.05, 4.69) is 44.0 Å². The van der Waals surface area contributed by atoms with E-state index in [0.717, 1.165) is 30.7 Å². The van der Waals surface area contributed by atoms with E-state index in [1.807, 2.05) is 6.20 Å². The van der Waals surface area contributed by atoms with Gasteiger partial charge in [0.15, 0.2) is 0 Å². The Labute approximate surface area is 119 Å². The summed E-state index contributed by atoms with van der Waals surface area (Å²) in [6.45, 7) is 3.54. The number of hydrogen-bond acceptors (Lipinski definition) is 3. The Bertz CT molecular complexity index is 579. The van der Waals surface area contributed by atoms with Gasteiger partial charge in [-0.05, 0) is 50.3 Å². The second-order valence-electron chi connectivity index (χ2n) is 6.15. The molecule has 1 aliphatic carbocycles. The average Bonchev–Trinajstić information content (AvgIpc) is 3.20. The lowest BCUT2D eigenvalue weighted by molar-refractivity contribution is 0.380. The Hall–Kier alpha value is -1.55. The summed E-state index contributed by atoms with van der Waals surface area (Å²) < 4.78 is 2.20. The number of nitrogens with zero attached hydrogens (tertiary/aromatic N) is 3. The highest BCUT2D eigenvalue weighted by molar-refractivity contribution is 5.51. The fraction of sp³-hybridized carbons (Fsp3) is 0.562. The van der Waals surface area contributed by atoms with E-state index in [1.165, 1.54) is 38.0 Å². The van der Waals surface area contributed by atoms with Gasteiger partial charge in [-0.2, -0.15) is 0 Å². The molecule has 2 fully saturated rings. The van der Waals surface area contributed by atoms with Crippen molar-refractivity contribution in [1.82, 2.24) is 14.7 Å². The lowest BCUT2D eigenvalue weighted by Gasteiger charge is -2.34. The molecular formula is C16H22N4. The molecule has 0 aromatic carbocycles. The van der Waals surface area contributed by atoms with Gasteiger partial charge in [-0.3, -0.25) is 4.40 Å². The first-order valence-corrected chi connectivity index (χ1v) is 7.80. The number of hydrogen-bond donors (Lipinski definition) is 1. The molecule has 0 atom stereocenters. The van der Waals surface area contributed by atoms with Gasteiger partial charge in [-0.15, -0.1) is 0 Å². The summed E-state index contributed by atoms with van der Waals surface area (Å²) in [4.78, 5) is 6.87. The number of aromatic nitrogens is 2. The van der Waals surface area contributed by atoms with Gasteiger partial charge in [0.25, 0.3) is 0 Å². The van der Waals surface area contributed by atoms with Crippen LogP contribution in [0.25, 0.3) is 5.65 Å². The van der Waals surface area contributed by atoms with Crippen molar-refractivity contribution in [3.05, 3.63) is 30.6 Å². The molecule has 2 aromatic heterocycles. The molecule has 2 aliphatic rings. The van der Waals surface area contributed by atoms with E-state index < -0.39 is 0 Å². The fourth-order valence-electron chi connectivity index (χ4n) is 3.18. The Morgan fingerprint density at radius 1 is 1.15 bits per heavy atom. The van der Waals surface area contributed by atoms with Crippen molar-refractivity contribution in [2.45, 2.75) is 31.7 Å². The van der Waals surface area contributed by atoms with Gasteiger partial charge in [0.2, 0.25) is 0 Å². The molecular weight excluding hydrogens is 248 g/mol. The SMILES string of the molecule is c1cc(N2CCC(CNC3CC3)CC2)n2ccnc2c1. The number of fused-ring (bicyclic) bond motifs is 1. The number of nitrogens with one attached hydrogen (secondary N) is 1. The standard InChI is InChI=1S/C16H22N4/c1-2-15-17-8-11-20(15)16(3-1)19-9-6-13(7-10-19)12-18-14-4-5-14/h1-3,8,11,13-14,18H,4-7,9-10,12H2. The molecule has 2 aromatic rings. The molecule has 0 bridgehead atoms. The molecule has 0 unspecified atom stereocenters. The van der Waals surface area contributed by atoms with Gasteiger partial charge >= 0.3 is 0 Å². The highest BCUT2D eigenvalue weighted by Crippen LogP contribution is 2.25. The van der Waals surface area contributed by atoms with Crippen molar-refractivity contribution in [1.29, 1.82) is 0 Å². The second kappa shape index (κ2) is 5.09. The smallest absolute Gasteiger partial charge is 0.138 e. The minimum absolute atomic E-state index is 0.840. The summed E-state index contributed by atoms with van der Waals surface area (Å²) in [6, 6.07) is 7.22. The normalized spacial score (nSPS) is 20.7. The zero-order valence-electron chi connectivity index (χ0n) is 11.8. The Balaban J connectivity index is 1.41. The van der Waals surface area contributed by atoms with Gasteiger partial charge in [0.1, 0.15) is 11.5 Å². The van der Waals surface area contributed by atoms with Crippen LogP contribution in [-0.4, -0.2) is 35.1 Å². The van der Waals surface area contributed by atoms with Crippen molar-refractivity contribution < 1.29 is 0 Å². The molecule has 4 rings (SSSR count). The molecule has 1 N–H and O–H groups in total. The molecule has 106 valence electrons. The Kier molecular flexibility index (Phi) is 3.11. The predicted molar refractivity (Wildman–Crippen MR) is 81.2 cm³/mol. The number of piperidine rings is 1. The third-order valence-electron chi connectivity index (χ3n) is 4.62. The zero-order chi connectivity index (χ0) is 13.4. The minimum Gasteiger partial charge on any atom is -0.358 e. The minimum atomic E-state index is 0.840. The topological polar surface area (TPSA) is 32.6 Å². The van der Waals surface area contributed by atoms with Crippen LogP contribution in [0.15, 0.2) is 30.6 Å². The summed E-state index contributed by atoms with van der Waals surface area (Å²) in [5, 5.41) is 3.67. The highest BCUT2D eigenvalue weighted by Gasteiger charge is 2.24. The van der Waals surface area contributed by atoms with Gasteiger partial charge in [-0.1, -0.05) is 6.07 Å². The van der Waals surface area contributed by atoms with Crippen molar-refractivity contribution >= 4 is 11.5 Å². The lowest BCUT2D eigenvalue weighted by Crippen LogP contribution is -2.38. The highest BCUT2D eigenvalue weighted by atomic mass is 15.2. The molecule has 20 heavy (non-hydrogen) atoms. The number of imidazole rings is 1. The van der Waals surface area contributed by atoms with Crippen LogP contribution >= 0.6 is 0 Å². The Morgan fingerprint density at radius 3 is 2.80 bits per heavy atom. The van der Waals surface area contributed by atoms with Crippen LogP contribution in [0, 0.1) is 5.92 Å². The van der Waals surface area contributed by atoms with Crippen LogP contribution in [0.1, 0.15) is 25.7 Å². The zero-order valence-corrected chi connectivity index (χ0v) is 11.8. The largest absolute Gasteiger partial charge is 0.358 e. The number of anilines is 1. The molecule has 1 saturated heterocycles. The van der Waals surface area contributed by atoms with Gasteiger partial charge < -0.3 is 10.2 Å². The van der Waals surface area contributed by atoms with Gasteiger partial charge in [0.05, 0.1) is 0 Å². The number of rotatable bonds is 4. The summed E-state index contributed by atoms with van der Waals surface area (Å²) in [7, 11) is 0. The molecule has 4 heteroatoms. The van der Waals surface area contributed by atoms with Crippen LogP contribution in [0.3, 0.4) is 0 Å². The maximum atomic E-state index is 4.37. The lowest BCUT2D eigenvalue weighted by atomic mass is 9.96. The molecule has 1 saturated carbocycles. The monoisotopic (exact) mass is 270 g/mol. The molecule has 0 spiro atoms. The maximum absolute atomic E-state index is 4.37. The van der Waals surface area contributed by atoms with Crippen LogP contribution in [0.5, 0.6) is 0 Å². The van der Waals surface area contributed by atoms with E-state index in [0.29, 0.717) is 0 Å². The molecule has 4 nitrogen and oxygen atoms in total. The van der Waals surface area contributed by atoms with Crippen LogP contribution in [-0.2, 0) is 0 Å². The van der Waals surface area contributed by atoms with E-state index in [1.54, 1.807) is 0 Å². The van der Waals surface area contributed by atoms with E-state index in [4.69, 9.17) is 0 Å². The van der Waals surface area contributed by atoms with E-state index >= 15 is 0 Å². The first-order chi connectivity index (χ1) is 9.90. The third-order valence-corrected chi connectivity index (χ3v) is 4.62.